The molecule has 3 aromatic carbocycles. The first-order valence-electron chi connectivity index (χ1n) is 11.5. The highest BCUT2D eigenvalue weighted by molar-refractivity contribution is 5.72. The molecule has 0 amide bonds. The van der Waals surface area contributed by atoms with E-state index in [0.717, 1.165) is 42.4 Å². The number of hydrogen-bond acceptors (Lipinski definition) is 0. The van der Waals surface area contributed by atoms with Crippen molar-refractivity contribution in [2.24, 2.45) is 5.92 Å². The molecule has 0 bridgehead atoms. The Morgan fingerprint density at radius 2 is 1.47 bits per heavy atom. The Balaban J connectivity index is 1.49. The van der Waals surface area contributed by atoms with Gasteiger partial charge in [-0.05, 0) is 65.0 Å². The Morgan fingerprint density at radius 3 is 2.12 bits per heavy atom. The summed E-state index contributed by atoms with van der Waals surface area (Å²) < 4.78 is 43.6. The summed E-state index contributed by atoms with van der Waals surface area (Å²) in [5.74, 6) is -0.900. The summed E-state index contributed by atoms with van der Waals surface area (Å²) in [7, 11) is 0. The van der Waals surface area contributed by atoms with Gasteiger partial charge in [0.25, 0.3) is 0 Å². The molecular formula is C29H29F3. The van der Waals surface area contributed by atoms with Crippen LogP contribution in [0.15, 0.2) is 54.6 Å². The van der Waals surface area contributed by atoms with Crippen LogP contribution in [0.5, 0.6) is 0 Å². The Hall–Kier alpha value is -2.81. The van der Waals surface area contributed by atoms with Crippen LogP contribution < -0.4 is 0 Å². The molecule has 0 atom stereocenters. The first-order chi connectivity index (χ1) is 15.5. The van der Waals surface area contributed by atoms with Gasteiger partial charge in [-0.1, -0.05) is 87.4 Å². The van der Waals surface area contributed by atoms with E-state index in [9.17, 15) is 13.2 Å². The Bertz CT molecular complexity index is 1100. The minimum Gasteiger partial charge on any atom is -0.207 e. The summed E-state index contributed by atoms with van der Waals surface area (Å²) in [6.45, 7) is 4.14. The minimum atomic E-state index is -0.777. The standard InChI is InChI=1S/C29H29F3/c1-3-21-14-15-25(18-27(21)30)22-11-6-20(7-12-22)8-13-24-16-17-26(29(32)28(24)31)23-9-4-19(2)5-10-23/h6-8,11-19,23H,3-5,9-10H2,1-2H3/b13-8+. The van der Waals surface area contributed by atoms with Crippen molar-refractivity contribution in [3.05, 3.63) is 94.3 Å². The molecule has 1 aliphatic rings. The first-order valence-corrected chi connectivity index (χ1v) is 11.5. The second kappa shape index (κ2) is 9.77. The maximum absolute atomic E-state index is 14.8. The second-order valence-corrected chi connectivity index (χ2v) is 8.94. The molecule has 0 unspecified atom stereocenters. The SMILES string of the molecule is CCc1ccc(-c2ccc(/C=C/c3ccc(C4CCC(C)CC4)c(F)c3F)cc2)cc1F. The van der Waals surface area contributed by atoms with Crippen molar-refractivity contribution in [3.63, 3.8) is 0 Å². The number of rotatable bonds is 5. The Kier molecular flexibility index (Phi) is 6.83. The van der Waals surface area contributed by atoms with Crippen LogP contribution in [0, 0.1) is 23.4 Å². The molecule has 0 spiro atoms. The van der Waals surface area contributed by atoms with Crippen molar-refractivity contribution < 1.29 is 13.2 Å². The zero-order valence-electron chi connectivity index (χ0n) is 18.7. The first kappa shape index (κ1) is 22.4. The van der Waals surface area contributed by atoms with E-state index in [0.29, 0.717) is 23.5 Å². The molecule has 0 aliphatic heterocycles. The molecule has 3 heteroatoms. The van der Waals surface area contributed by atoms with E-state index < -0.39 is 11.6 Å². The molecule has 1 saturated carbocycles. The lowest BCUT2D eigenvalue weighted by Gasteiger charge is -2.27. The van der Waals surface area contributed by atoms with Gasteiger partial charge in [-0.25, -0.2) is 13.2 Å². The van der Waals surface area contributed by atoms with E-state index in [4.69, 9.17) is 0 Å². The van der Waals surface area contributed by atoms with E-state index >= 15 is 0 Å². The van der Waals surface area contributed by atoms with Crippen LogP contribution in [-0.2, 0) is 6.42 Å². The van der Waals surface area contributed by atoms with Gasteiger partial charge in [0.1, 0.15) is 5.82 Å². The van der Waals surface area contributed by atoms with Crippen molar-refractivity contribution in [2.45, 2.75) is 51.9 Å². The molecule has 4 rings (SSSR count). The number of hydrogen-bond donors (Lipinski definition) is 0. The lowest BCUT2D eigenvalue weighted by Crippen LogP contribution is -2.13. The van der Waals surface area contributed by atoms with Gasteiger partial charge in [0.05, 0.1) is 0 Å². The van der Waals surface area contributed by atoms with Gasteiger partial charge in [0.2, 0.25) is 0 Å². The van der Waals surface area contributed by atoms with Gasteiger partial charge in [-0.2, -0.15) is 0 Å². The molecule has 0 radical (unpaired) electrons. The van der Waals surface area contributed by atoms with Crippen molar-refractivity contribution >= 4 is 12.2 Å². The predicted octanol–water partition coefficient (Wildman–Crippen LogP) is 8.80. The third-order valence-corrected chi connectivity index (χ3v) is 6.73. The molecule has 1 fully saturated rings. The minimum absolute atomic E-state index is 0.113. The molecule has 32 heavy (non-hydrogen) atoms. The fourth-order valence-electron chi connectivity index (χ4n) is 4.58. The maximum atomic E-state index is 14.8. The van der Waals surface area contributed by atoms with Gasteiger partial charge in [0, 0.05) is 5.56 Å². The van der Waals surface area contributed by atoms with Gasteiger partial charge in [-0.3, -0.25) is 0 Å². The fourth-order valence-corrected chi connectivity index (χ4v) is 4.58. The van der Waals surface area contributed by atoms with Crippen LogP contribution >= 0.6 is 0 Å². The van der Waals surface area contributed by atoms with Gasteiger partial charge >= 0.3 is 0 Å². The van der Waals surface area contributed by atoms with E-state index in [1.54, 1.807) is 30.4 Å². The summed E-state index contributed by atoms with van der Waals surface area (Å²) in [6, 6.07) is 16.3. The largest absolute Gasteiger partial charge is 0.207 e. The maximum Gasteiger partial charge on any atom is 0.166 e. The van der Waals surface area contributed by atoms with Crippen LogP contribution in [0.3, 0.4) is 0 Å². The van der Waals surface area contributed by atoms with Crippen molar-refractivity contribution in [1.29, 1.82) is 0 Å². The van der Waals surface area contributed by atoms with E-state index in [1.807, 2.05) is 43.3 Å². The summed E-state index contributed by atoms with van der Waals surface area (Å²) in [5, 5.41) is 0. The van der Waals surface area contributed by atoms with Gasteiger partial charge in [0.15, 0.2) is 11.6 Å². The van der Waals surface area contributed by atoms with E-state index in [1.165, 1.54) is 0 Å². The highest BCUT2D eigenvalue weighted by Crippen LogP contribution is 2.37. The zero-order valence-corrected chi connectivity index (χ0v) is 18.7. The number of halogens is 3. The number of aryl methyl sites for hydroxylation is 1. The van der Waals surface area contributed by atoms with E-state index in [2.05, 4.69) is 6.92 Å². The van der Waals surface area contributed by atoms with Crippen LogP contribution in [-0.4, -0.2) is 0 Å². The fraction of sp³-hybridized carbons (Fsp3) is 0.310. The molecule has 0 nitrogen and oxygen atoms in total. The third kappa shape index (κ3) is 4.82. The summed E-state index contributed by atoms with van der Waals surface area (Å²) >= 11 is 0. The highest BCUT2D eigenvalue weighted by atomic mass is 19.2. The quantitative estimate of drug-likeness (QED) is 0.352. The molecule has 0 saturated heterocycles. The smallest absolute Gasteiger partial charge is 0.166 e. The second-order valence-electron chi connectivity index (χ2n) is 8.94. The zero-order chi connectivity index (χ0) is 22.7. The monoisotopic (exact) mass is 434 g/mol. The van der Waals surface area contributed by atoms with Crippen molar-refractivity contribution in [2.75, 3.05) is 0 Å². The topological polar surface area (TPSA) is 0 Å². The average molecular weight is 435 g/mol. The lowest BCUT2D eigenvalue weighted by atomic mass is 9.79. The normalized spacial score (nSPS) is 18.9. The molecule has 0 N–H and O–H groups in total. The van der Waals surface area contributed by atoms with Crippen LogP contribution in [0.4, 0.5) is 13.2 Å². The van der Waals surface area contributed by atoms with Crippen molar-refractivity contribution in [3.8, 4) is 11.1 Å². The van der Waals surface area contributed by atoms with Crippen LogP contribution in [0.25, 0.3) is 23.3 Å². The van der Waals surface area contributed by atoms with E-state index in [-0.39, 0.29) is 17.3 Å². The third-order valence-electron chi connectivity index (χ3n) is 6.73. The Labute approximate surface area is 188 Å². The van der Waals surface area contributed by atoms with Crippen LogP contribution in [0.1, 0.15) is 67.7 Å². The molecule has 3 aromatic rings. The highest BCUT2D eigenvalue weighted by Gasteiger charge is 2.24. The lowest BCUT2D eigenvalue weighted by molar-refractivity contribution is 0.339. The van der Waals surface area contributed by atoms with Gasteiger partial charge in [-0.15, -0.1) is 0 Å². The number of benzene rings is 3. The van der Waals surface area contributed by atoms with Crippen LogP contribution in [0.2, 0.25) is 0 Å². The van der Waals surface area contributed by atoms with Crippen molar-refractivity contribution in [1.82, 2.24) is 0 Å². The average Bonchev–Trinajstić information content (AvgIpc) is 2.81. The molecule has 1 aliphatic carbocycles. The summed E-state index contributed by atoms with van der Waals surface area (Å²) in [5.41, 5.74) is 4.05. The molecule has 0 aromatic heterocycles. The molecular weight excluding hydrogens is 405 g/mol. The molecule has 166 valence electrons. The Morgan fingerprint density at radius 1 is 0.781 bits per heavy atom. The summed E-state index contributed by atoms with van der Waals surface area (Å²) in [4.78, 5) is 0. The predicted molar refractivity (Wildman–Crippen MR) is 127 cm³/mol. The summed E-state index contributed by atoms with van der Waals surface area (Å²) in [6.07, 6.45) is 8.01. The molecule has 0 heterocycles. The van der Waals surface area contributed by atoms with Gasteiger partial charge < -0.3 is 0 Å².